The molecule has 0 unspecified atom stereocenters. The van der Waals surface area contributed by atoms with Crippen molar-refractivity contribution in [3.63, 3.8) is 0 Å². The molecular formula is C18H18N2. The van der Waals surface area contributed by atoms with Gasteiger partial charge in [-0.2, -0.15) is 0 Å². The molecule has 0 bridgehead atoms. The topological polar surface area (TPSA) is 27.8 Å². The van der Waals surface area contributed by atoms with E-state index in [0.717, 1.165) is 6.54 Å². The summed E-state index contributed by atoms with van der Waals surface area (Å²) in [5.74, 6) is 0.412. The Morgan fingerprint density at radius 2 is 1.70 bits per heavy atom. The first kappa shape index (κ1) is 11.7. The third-order valence-electron chi connectivity index (χ3n) is 4.39. The van der Waals surface area contributed by atoms with E-state index < -0.39 is 0 Å². The van der Waals surface area contributed by atoms with Crippen molar-refractivity contribution < 1.29 is 0 Å². The number of hydrogen-bond donors (Lipinski definition) is 2. The maximum Gasteiger partial charge on any atom is 0.0456 e. The lowest BCUT2D eigenvalue weighted by molar-refractivity contribution is 0.505. The van der Waals surface area contributed by atoms with Crippen LogP contribution in [0.1, 0.15) is 35.7 Å². The van der Waals surface area contributed by atoms with Crippen molar-refractivity contribution in [2.24, 2.45) is 0 Å². The van der Waals surface area contributed by atoms with Crippen molar-refractivity contribution in [2.45, 2.75) is 18.9 Å². The Balaban J connectivity index is 1.84. The smallest absolute Gasteiger partial charge is 0.0456 e. The molecule has 0 fully saturated rings. The lowest BCUT2D eigenvalue weighted by atomic mass is 9.85. The zero-order valence-corrected chi connectivity index (χ0v) is 11.6. The molecule has 0 amide bonds. The molecular weight excluding hydrogens is 244 g/mol. The molecule has 1 aromatic heterocycles. The number of fused-ring (bicyclic) bond motifs is 2. The molecule has 2 nitrogen and oxygen atoms in total. The summed E-state index contributed by atoms with van der Waals surface area (Å²) in [7, 11) is 0. The molecule has 0 radical (unpaired) electrons. The van der Waals surface area contributed by atoms with Crippen LogP contribution in [0.4, 0.5) is 0 Å². The molecule has 20 heavy (non-hydrogen) atoms. The van der Waals surface area contributed by atoms with E-state index in [9.17, 15) is 0 Å². The van der Waals surface area contributed by atoms with Crippen molar-refractivity contribution in [1.29, 1.82) is 0 Å². The first-order valence-corrected chi connectivity index (χ1v) is 7.23. The van der Waals surface area contributed by atoms with E-state index in [0.29, 0.717) is 12.0 Å². The monoisotopic (exact) mass is 262 g/mol. The average molecular weight is 262 g/mol. The average Bonchev–Trinajstić information content (AvgIpc) is 2.91. The molecule has 0 aliphatic carbocycles. The number of rotatable bonds is 1. The maximum absolute atomic E-state index is 3.61. The minimum atomic E-state index is 0.412. The van der Waals surface area contributed by atoms with E-state index in [2.05, 4.69) is 71.8 Å². The van der Waals surface area contributed by atoms with Crippen LogP contribution in [-0.2, 0) is 0 Å². The van der Waals surface area contributed by atoms with Gasteiger partial charge in [0.2, 0.25) is 0 Å². The van der Waals surface area contributed by atoms with E-state index in [4.69, 9.17) is 0 Å². The van der Waals surface area contributed by atoms with E-state index in [1.54, 1.807) is 0 Å². The van der Waals surface area contributed by atoms with Gasteiger partial charge in [-0.1, -0.05) is 42.5 Å². The first-order valence-electron chi connectivity index (χ1n) is 7.23. The van der Waals surface area contributed by atoms with Gasteiger partial charge in [0.25, 0.3) is 0 Å². The molecule has 2 heteroatoms. The van der Waals surface area contributed by atoms with Crippen molar-refractivity contribution in [1.82, 2.24) is 10.3 Å². The Labute approximate surface area is 118 Å². The van der Waals surface area contributed by atoms with Crippen LogP contribution in [0, 0.1) is 0 Å². The van der Waals surface area contributed by atoms with Gasteiger partial charge in [0.1, 0.15) is 0 Å². The fourth-order valence-corrected chi connectivity index (χ4v) is 3.30. The largest absolute Gasteiger partial charge is 0.358 e. The predicted molar refractivity (Wildman–Crippen MR) is 83.0 cm³/mol. The first-order chi connectivity index (χ1) is 9.83. The van der Waals surface area contributed by atoms with E-state index in [-0.39, 0.29) is 0 Å². The van der Waals surface area contributed by atoms with Gasteiger partial charge in [-0.25, -0.2) is 0 Å². The summed E-state index contributed by atoms with van der Waals surface area (Å²) in [4.78, 5) is 3.58. The SMILES string of the molecule is C[C@@H]1NC[C@@H](c2cc3ccccc3[nH]2)c2ccccc21. The number of H-pyrrole nitrogens is 1. The molecule has 2 heterocycles. The zero-order valence-electron chi connectivity index (χ0n) is 11.6. The van der Waals surface area contributed by atoms with Crippen molar-refractivity contribution in [3.8, 4) is 0 Å². The maximum atomic E-state index is 3.61. The van der Waals surface area contributed by atoms with Crippen LogP contribution >= 0.6 is 0 Å². The molecule has 1 aliphatic heterocycles. The lowest BCUT2D eigenvalue weighted by Crippen LogP contribution is -2.32. The summed E-state index contributed by atoms with van der Waals surface area (Å²) in [6, 6.07) is 20.0. The highest BCUT2D eigenvalue weighted by Crippen LogP contribution is 2.34. The Kier molecular flexibility index (Phi) is 2.64. The molecule has 2 N–H and O–H groups in total. The van der Waals surface area contributed by atoms with E-state index in [1.807, 2.05) is 0 Å². The summed E-state index contributed by atoms with van der Waals surface area (Å²) >= 11 is 0. The molecule has 4 rings (SSSR count). The predicted octanol–water partition coefficient (Wildman–Crippen LogP) is 3.96. The van der Waals surface area contributed by atoms with Crippen LogP contribution < -0.4 is 5.32 Å². The Morgan fingerprint density at radius 3 is 2.55 bits per heavy atom. The van der Waals surface area contributed by atoms with E-state index >= 15 is 0 Å². The van der Waals surface area contributed by atoms with Gasteiger partial charge in [-0.05, 0) is 35.6 Å². The van der Waals surface area contributed by atoms with E-state index in [1.165, 1.54) is 27.7 Å². The van der Waals surface area contributed by atoms with Crippen LogP contribution in [0.25, 0.3) is 10.9 Å². The highest BCUT2D eigenvalue weighted by Gasteiger charge is 2.26. The third kappa shape index (κ3) is 1.76. The van der Waals surface area contributed by atoms with Gasteiger partial charge in [-0.15, -0.1) is 0 Å². The Bertz CT molecular complexity index is 724. The summed E-state index contributed by atoms with van der Waals surface area (Å²) in [6.07, 6.45) is 0. The summed E-state index contributed by atoms with van der Waals surface area (Å²) in [5.41, 5.74) is 5.39. The second-order valence-electron chi connectivity index (χ2n) is 5.62. The minimum absolute atomic E-state index is 0.412. The van der Waals surface area contributed by atoms with Crippen LogP contribution in [0.2, 0.25) is 0 Å². The number of para-hydroxylation sites is 1. The van der Waals surface area contributed by atoms with Crippen molar-refractivity contribution in [3.05, 3.63) is 71.4 Å². The van der Waals surface area contributed by atoms with Gasteiger partial charge in [0.05, 0.1) is 0 Å². The van der Waals surface area contributed by atoms with Gasteiger partial charge in [0.15, 0.2) is 0 Å². The van der Waals surface area contributed by atoms with Crippen LogP contribution in [0.15, 0.2) is 54.6 Å². The molecule has 3 aromatic rings. The van der Waals surface area contributed by atoms with Gasteiger partial charge in [0, 0.05) is 29.7 Å². The van der Waals surface area contributed by atoms with Gasteiger partial charge < -0.3 is 10.3 Å². The highest BCUT2D eigenvalue weighted by molar-refractivity contribution is 5.80. The standard InChI is InChI=1S/C18H18N2/c1-12-14-7-3-4-8-15(14)16(11-19-12)18-10-13-6-2-5-9-17(13)20-18/h2-10,12,16,19-20H,11H2,1H3/t12-,16+/m0/s1. The molecule has 2 atom stereocenters. The quantitative estimate of drug-likeness (QED) is 0.682. The second-order valence-corrected chi connectivity index (χ2v) is 5.62. The molecule has 2 aromatic carbocycles. The molecule has 0 spiro atoms. The minimum Gasteiger partial charge on any atom is -0.358 e. The van der Waals surface area contributed by atoms with Crippen LogP contribution in [0.5, 0.6) is 0 Å². The summed E-state index contributed by atoms with van der Waals surface area (Å²) in [5, 5.41) is 4.90. The van der Waals surface area contributed by atoms with Crippen LogP contribution in [0.3, 0.4) is 0 Å². The molecule has 1 aliphatic rings. The molecule has 0 saturated carbocycles. The fraction of sp³-hybridized carbons (Fsp3) is 0.222. The highest BCUT2D eigenvalue weighted by atomic mass is 14.9. The molecule has 100 valence electrons. The normalized spacial score (nSPS) is 21.9. The number of nitrogens with one attached hydrogen (secondary N) is 2. The van der Waals surface area contributed by atoms with Crippen molar-refractivity contribution in [2.75, 3.05) is 6.54 Å². The Hall–Kier alpha value is -2.06. The zero-order chi connectivity index (χ0) is 13.5. The number of hydrogen-bond acceptors (Lipinski definition) is 1. The second kappa shape index (κ2) is 4.50. The molecule has 0 saturated heterocycles. The van der Waals surface area contributed by atoms with Crippen molar-refractivity contribution >= 4 is 10.9 Å². The van der Waals surface area contributed by atoms with Gasteiger partial charge in [-0.3, -0.25) is 0 Å². The third-order valence-corrected chi connectivity index (χ3v) is 4.39. The Morgan fingerprint density at radius 1 is 0.950 bits per heavy atom. The van der Waals surface area contributed by atoms with Gasteiger partial charge >= 0.3 is 0 Å². The summed E-state index contributed by atoms with van der Waals surface area (Å²) in [6.45, 7) is 3.23. The number of aromatic amines is 1. The number of benzene rings is 2. The summed E-state index contributed by atoms with van der Waals surface area (Å²) < 4.78 is 0. The van der Waals surface area contributed by atoms with Crippen LogP contribution in [-0.4, -0.2) is 11.5 Å². The lowest BCUT2D eigenvalue weighted by Gasteiger charge is -2.30. The fourth-order valence-electron chi connectivity index (χ4n) is 3.30. The number of aromatic nitrogens is 1.